The molecule has 0 aromatic carbocycles. The van der Waals surface area contributed by atoms with Crippen LogP contribution in [0.3, 0.4) is 0 Å². The van der Waals surface area contributed by atoms with Gasteiger partial charge in [0.15, 0.2) is 0 Å². The second-order valence-corrected chi connectivity index (χ2v) is 4.36. The van der Waals surface area contributed by atoms with Crippen LogP contribution in [0.25, 0.3) is 0 Å². The molecule has 0 saturated heterocycles. The fourth-order valence-corrected chi connectivity index (χ4v) is 2.28. The van der Waals surface area contributed by atoms with Gasteiger partial charge in [-0.3, -0.25) is 4.79 Å². The molecule has 1 aliphatic rings. The first-order valence-corrected chi connectivity index (χ1v) is 5.54. The predicted octanol–water partition coefficient (Wildman–Crippen LogP) is 1.85. The molecule has 2 atom stereocenters. The maximum absolute atomic E-state index is 11.3. The van der Waals surface area contributed by atoms with Crippen molar-refractivity contribution in [2.75, 3.05) is 6.61 Å². The number of nitrogens with two attached hydrogens (primary N) is 1. The summed E-state index contributed by atoms with van der Waals surface area (Å²) >= 11 is 0. The fraction of sp³-hybridized carbons (Fsp3) is 0.909. The zero-order valence-corrected chi connectivity index (χ0v) is 9.21. The van der Waals surface area contributed by atoms with Crippen LogP contribution in [0.4, 0.5) is 0 Å². The van der Waals surface area contributed by atoms with Gasteiger partial charge in [0, 0.05) is 5.54 Å². The lowest BCUT2D eigenvalue weighted by atomic mass is 9.93. The highest BCUT2D eigenvalue weighted by molar-refractivity contribution is 5.70. The van der Waals surface area contributed by atoms with E-state index in [1.165, 1.54) is 6.42 Å². The summed E-state index contributed by atoms with van der Waals surface area (Å²) < 4.78 is 4.92. The summed E-state index contributed by atoms with van der Waals surface area (Å²) in [6.45, 7) is 4.46. The van der Waals surface area contributed by atoms with Gasteiger partial charge in [-0.25, -0.2) is 0 Å². The lowest BCUT2D eigenvalue weighted by Crippen LogP contribution is -2.39. The van der Waals surface area contributed by atoms with Crippen molar-refractivity contribution in [3.63, 3.8) is 0 Å². The Morgan fingerprint density at radius 2 is 2.29 bits per heavy atom. The molecular weight excluding hydrogens is 178 g/mol. The van der Waals surface area contributed by atoms with Gasteiger partial charge < -0.3 is 10.5 Å². The number of carbonyl (C=O) groups excluding carboxylic acids is 1. The molecule has 0 bridgehead atoms. The topological polar surface area (TPSA) is 52.3 Å². The quantitative estimate of drug-likeness (QED) is 0.703. The molecular formula is C11H21NO2. The molecule has 1 fully saturated rings. The van der Waals surface area contributed by atoms with Crippen LogP contribution in [0, 0.1) is 5.92 Å². The lowest BCUT2D eigenvalue weighted by Gasteiger charge is -2.22. The van der Waals surface area contributed by atoms with Crippen molar-refractivity contribution >= 4 is 5.97 Å². The van der Waals surface area contributed by atoms with Gasteiger partial charge in [-0.2, -0.15) is 0 Å². The maximum atomic E-state index is 11.3. The highest BCUT2D eigenvalue weighted by Gasteiger charge is 2.36. The minimum atomic E-state index is -0.285. The van der Waals surface area contributed by atoms with Crippen LogP contribution >= 0.6 is 0 Å². The van der Waals surface area contributed by atoms with Gasteiger partial charge in [0.1, 0.15) is 0 Å². The zero-order valence-electron chi connectivity index (χ0n) is 9.21. The molecule has 82 valence electrons. The number of esters is 1. The standard InChI is InChI=1S/C11H21NO2/c1-3-9-5-6-11(12,7-9)8-10(13)14-4-2/h9H,3-8,12H2,1-2H3. The Bertz CT molecular complexity index is 205. The average Bonchev–Trinajstić information content (AvgIpc) is 2.47. The van der Waals surface area contributed by atoms with E-state index in [9.17, 15) is 4.79 Å². The predicted molar refractivity (Wildman–Crippen MR) is 55.8 cm³/mol. The molecule has 0 amide bonds. The van der Waals surface area contributed by atoms with Crippen molar-refractivity contribution in [1.29, 1.82) is 0 Å². The second kappa shape index (κ2) is 4.78. The van der Waals surface area contributed by atoms with Gasteiger partial charge in [0.25, 0.3) is 0 Å². The molecule has 0 aliphatic heterocycles. The molecule has 0 radical (unpaired) electrons. The van der Waals surface area contributed by atoms with E-state index in [1.807, 2.05) is 6.92 Å². The highest BCUT2D eigenvalue weighted by Crippen LogP contribution is 2.36. The van der Waals surface area contributed by atoms with Gasteiger partial charge >= 0.3 is 5.97 Å². The molecule has 1 saturated carbocycles. The average molecular weight is 199 g/mol. The maximum Gasteiger partial charge on any atom is 0.307 e. The molecule has 14 heavy (non-hydrogen) atoms. The molecule has 1 aliphatic carbocycles. The molecule has 3 heteroatoms. The SMILES string of the molecule is CCOC(=O)CC1(N)CCC(CC)C1. The minimum Gasteiger partial charge on any atom is -0.466 e. The monoisotopic (exact) mass is 199 g/mol. The Hall–Kier alpha value is -0.570. The molecule has 0 aromatic heterocycles. The van der Waals surface area contributed by atoms with Gasteiger partial charge in [-0.1, -0.05) is 13.3 Å². The van der Waals surface area contributed by atoms with Crippen molar-refractivity contribution < 1.29 is 9.53 Å². The van der Waals surface area contributed by atoms with Crippen LogP contribution in [0.15, 0.2) is 0 Å². The van der Waals surface area contributed by atoms with E-state index < -0.39 is 0 Å². The number of rotatable bonds is 4. The summed E-state index contributed by atoms with van der Waals surface area (Å²) in [6, 6.07) is 0. The van der Waals surface area contributed by atoms with E-state index in [0.717, 1.165) is 19.3 Å². The van der Waals surface area contributed by atoms with E-state index in [-0.39, 0.29) is 11.5 Å². The van der Waals surface area contributed by atoms with Crippen LogP contribution in [0.1, 0.15) is 46.0 Å². The minimum absolute atomic E-state index is 0.147. The first-order chi connectivity index (χ1) is 6.59. The number of ether oxygens (including phenoxy) is 1. The Balaban J connectivity index is 2.40. The van der Waals surface area contributed by atoms with Crippen LogP contribution in [-0.2, 0) is 9.53 Å². The first kappa shape index (κ1) is 11.5. The summed E-state index contributed by atoms with van der Waals surface area (Å²) in [5.41, 5.74) is 5.87. The Kier molecular flexibility index (Phi) is 3.93. The van der Waals surface area contributed by atoms with E-state index >= 15 is 0 Å². The molecule has 2 unspecified atom stereocenters. The van der Waals surface area contributed by atoms with Gasteiger partial charge in [-0.15, -0.1) is 0 Å². The van der Waals surface area contributed by atoms with Gasteiger partial charge in [-0.05, 0) is 32.1 Å². The summed E-state index contributed by atoms with van der Waals surface area (Å²) in [5, 5.41) is 0. The zero-order chi connectivity index (χ0) is 10.6. The number of hydrogen-bond donors (Lipinski definition) is 1. The Morgan fingerprint density at radius 3 is 2.79 bits per heavy atom. The normalized spacial score (nSPS) is 31.8. The van der Waals surface area contributed by atoms with Crippen molar-refractivity contribution in [1.82, 2.24) is 0 Å². The van der Waals surface area contributed by atoms with Crippen LogP contribution < -0.4 is 5.73 Å². The third kappa shape index (κ3) is 2.98. The smallest absolute Gasteiger partial charge is 0.307 e. The van der Waals surface area contributed by atoms with Gasteiger partial charge in [0.05, 0.1) is 13.0 Å². The van der Waals surface area contributed by atoms with Crippen LogP contribution in [-0.4, -0.2) is 18.1 Å². The van der Waals surface area contributed by atoms with Crippen LogP contribution in [0.5, 0.6) is 0 Å². The summed E-state index contributed by atoms with van der Waals surface area (Å²) in [7, 11) is 0. The largest absolute Gasteiger partial charge is 0.466 e. The van der Waals surface area contributed by atoms with Crippen molar-refractivity contribution in [3.05, 3.63) is 0 Å². The number of carbonyl (C=O) groups is 1. The second-order valence-electron chi connectivity index (χ2n) is 4.36. The molecule has 1 rings (SSSR count). The molecule has 3 nitrogen and oxygen atoms in total. The third-order valence-electron chi connectivity index (χ3n) is 3.12. The summed E-state index contributed by atoms with van der Waals surface area (Å²) in [6.07, 6.45) is 4.65. The van der Waals surface area contributed by atoms with Crippen molar-refractivity contribution in [2.45, 2.75) is 51.5 Å². The molecule has 2 N–H and O–H groups in total. The molecule has 0 aromatic rings. The Labute approximate surface area is 86.0 Å². The van der Waals surface area contributed by atoms with E-state index in [2.05, 4.69) is 6.92 Å². The molecule has 0 spiro atoms. The van der Waals surface area contributed by atoms with E-state index in [0.29, 0.717) is 18.9 Å². The Morgan fingerprint density at radius 1 is 1.57 bits per heavy atom. The molecule has 0 heterocycles. The summed E-state index contributed by atoms with van der Waals surface area (Å²) in [5.74, 6) is 0.557. The summed E-state index contributed by atoms with van der Waals surface area (Å²) in [4.78, 5) is 11.3. The van der Waals surface area contributed by atoms with E-state index in [1.54, 1.807) is 0 Å². The van der Waals surface area contributed by atoms with Crippen molar-refractivity contribution in [2.24, 2.45) is 11.7 Å². The van der Waals surface area contributed by atoms with Crippen LogP contribution in [0.2, 0.25) is 0 Å². The van der Waals surface area contributed by atoms with E-state index in [4.69, 9.17) is 10.5 Å². The first-order valence-electron chi connectivity index (χ1n) is 5.54. The highest BCUT2D eigenvalue weighted by atomic mass is 16.5. The van der Waals surface area contributed by atoms with Crippen molar-refractivity contribution in [3.8, 4) is 0 Å². The lowest BCUT2D eigenvalue weighted by molar-refractivity contribution is -0.144. The van der Waals surface area contributed by atoms with Gasteiger partial charge in [0.2, 0.25) is 0 Å². The number of hydrogen-bond acceptors (Lipinski definition) is 3. The fourth-order valence-electron chi connectivity index (χ4n) is 2.28. The third-order valence-corrected chi connectivity index (χ3v) is 3.12.